The van der Waals surface area contributed by atoms with Gasteiger partial charge >= 0.3 is 0 Å². The van der Waals surface area contributed by atoms with E-state index in [-0.39, 0.29) is 11.6 Å². The standard InChI is InChI=1S/C17H11FN2O/c18-14-6-3-5-12-13(17(21)20-16(12)14)8-10-9-19-15-7-2-1-4-11(10)15/h1-9,19H,(H,20,21)/b13-8-. The number of hydrogen-bond donors (Lipinski definition) is 2. The first kappa shape index (κ1) is 11.9. The van der Waals surface area contributed by atoms with Crippen molar-refractivity contribution in [2.75, 3.05) is 5.32 Å². The number of para-hydroxylation sites is 2. The van der Waals surface area contributed by atoms with Crippen molar-refractivity contribution in [3.05, 3.63) is 65.6 Å². The highest BCUT2D eigenvalue weighted by Gasteiger charge is 2.26. The van der Waals surface area contributed by atoms with Crippen LogP contribution in [0, 0.1) is 5.82 Å². The van der Waals surface area contributed by atoms with Gasteiger partial charge in [-0.05, 0) is 18.2 Å². The average Bonchev–Trinajstić information content (AvgIpc) is 3.04. The van der Waals surface area contributed by atoms with Crippen molar-refractivity contribution >= 4 is 34.1 Å². The van der Waals surface area contributed by atoms with E-state index in [1.807, 2.05) is 30.5 Å². The first-order chi connectivity index (χ1) is 10.2. The fourth-order valence-electron chi connectivity index (χ4n) is 2.69. The van der Waals surface area contributed by atoms with E-state index in [1.54, 1.807) is 18.2 Å². The predicted molar refractivity (Wildman–Crippen MR) is 81.2 cm³/mol. The molecule has 2 aromatic carbocycles. The number of aromatic amines is 1. The molecule has 4 rings (SSSR count). The van der Waals surface area contributed by atoms with Crippen LogP contribution in [0.1, 0.15) is 11.1 Å². The van der Waals surface area contributed by atoms with E-state index < -0.39 is 5.82 Å². The highest BCUT2D eigenvalue weighted by Crippen LogP contribution is 2.35. The Bertz CT molecular complexity index is 908. The summed E-state index contributed by atoms with van der Waals surface area (Å²) < 4.78 is 13.7. The molecule has 2 N–H and O–H groups in total. The molecule has 0 atom stereocenters. The van der Waals surface area contributed by atoms with Gasteiger partial charge in [0.05, 0.1) is 5.69 Å². The molecule has 0 saturated carbocycles. The molecule has 0 spiro atoms. The highest BCUT2D eigenvalue weighted by molar-refractivity contribution is 6.35. The van der Waals surface area contributed by atoms with E-state index in [2.05, 4.69) is 10.3 Å². The molecule has 2 heterocycles. The molecule has 0 radical (unpaired) electrons. The van der Waals surface area contributed by atoms with Crippen LogP contribution in [0.2, 0.25) is 0 Å². The van der Waals surface area contributed by atoms with E-state index in [0.29, 0.717) is 11.1 Å². The second kappa shape index (κ2) is 4.31. The molecular weight excluding hydrogens is 267 g/mol. The van der Waals surface area contributed by atoms with Crippen LogP contribution in [0.15, 0.2) is 48.7 Å². The Balaban J connectivity index is 1.91. The molecule has 0 saturated heterocycles. The van der Waals surface area contributed by atoms with Gasteiger partial charge in [-0.2, -0.15) is 0 Å². The zero-order chi connectivity index (χ0) is 14.4. The summed E-state index contributed by atoms with van der Waals surface area (Å²) >= 11 is 0. The summed E-state index contributed by atoms with van der Waals surface area (Å²) in [4.78, 5) is 15.3. The zero-order valence-corrected chi connectivity index (χ0v) is 11.0. The lowest BCUT2D eigenvalue weighted by Gasteiger charge is -1.98. The Kier molecular flexibility index (Phi) is 2.44. The van der Waals surface area contributed by atoms with Gasteiger partial charge in [0.15, 0.2) is 0 Å². The third-order valence-corrected chi connectivity index (χ3v) is 3.71. The molecule has 1 aliphatic heterocycles. The number of H-pyrrole nitrogens is 1. The number of amides is 1. The monoisotopic (exact) mass is 278 g/mol. The van der Waals surface area contributed by atoms with Crippen molar-refractivity contribution in [1.82, 2.24) is 4.98 Å². The summed E-state index contributed by atoms with van der Waals surface area (Å²) in [6, 6.07) is 12.5. The Hall–Kier alpha value is -2.88. The zero-order valence-electron chi connectivity index (χ0n) is 11.0. The Morgan fingerprint density at radius 1 is 1.05 bits per heavy atom. The summed E-state index contributed by atoms with van der Waals surface area (Å²) in [5.74, 6) is -0.691. The van der Waals surface area contributed by atoms with Gasteiger partial charge in [-0.1, -0.05) is 30.3 Å². The van der Waals surface area contributed by atoms with Crippen LogP contribution in [-0.2, 0) is 4.79 Å². The minimum absolute atomic E-state index is 0.258. The van der Waals surface area contributed by atoms with E-state index in [4.69, 9.17) is 0 Å². The Labute approximate surface area is 120 Å². The van der Waals surface area contributed by atoms with Gasteiger partial charge in [0, 0.05) is 33.8 Å². The smallest absolute Gasteiger partial charge is 0.256 e. The summed E-state index contributed by atoms with van der Waals surface area (Å²) in [5, 5.41) is 3.61. The summed E-state index contributed by atoms with van der Waals surface area (Å²) in [6.45, 7) is 0. The number of fused-ring (bicyclic) bond motifs is 2. The number of nitrogens with one attached hydrogen (secondary N) is 2. The van der Waals surface area contributed by atoms with Gasteiger partial charge in [-0.15, -0.1) is 0 Å². The Morgan fingerprint density at radius 2 is 1.90 bits per heavy atom. The number of carbonyl (C=O) groups is 1. The van der Waals surface area contributed by atoms with Crippen LogP contribution in [0.5, 0.6) is 0 Å². The number of hydrogen-bond acceptors (Lipinski definition) is 1. The van der Waals surface area contributed by atoms with Gasteiger partial charge < -0.3 is 10.3 Å². The van der Waals surface area contributed by atoms with E-state index in [9.17, 15) is 9.18 Å². The molecule has 102 valence electrons. The lowest BCUT2D eigenvalue weighted by molar-refractivity contribution is -0.110. The van der Waals surface area contributed by atoms with Gasteiger partial charge in [0.1, 0.15) is 5.82 Å². The molecule has 0 bridgehead atoms. The van der Waals surface area contributed by atoms with E-state index in [1.165, 1.54) is 6.07 Å². The second-order valence-electron chi connectivity index (χ2n) is 4.96. The van der Waals surface area contributed by atoms with Crippen molar-refractivity contribution < 1.29 is 9.18 Å². The normalized spacial score (nSPS) is 15.5. The lowest BCUT2D eigenvalue weighted by Crippen LogP contribution is -2.04. The van der Waals surface area contributed by atoms with Crippen LogP contribution in [-0.4, -0.2) is 10.9 Å². The fourth-order valence-corrected chi connectivity index (χ4v) is 2.69. The molecule has 4 heteroatoms. The van der Waals surface area contributed by atoms with Crippen LogP contribution in [0.4, 0.5) is 10.1 Å². The number of benzene rings is 2. The third kappa shape index (κ3) is 1.76. The average molecular weight is 278 g/mol. The molecule has 3 nitrogen and oxygen atoms in total. The van der Waals surface area contributed by atoms with Crippen LogP contribution >= 0.6 is 0 Å². The van der Waals surface area contributed by atoms with Crippen molar-refractivity contribution in [3.8, 4) is 0 Å². The molecule has 1 aromatic heterocycles. The molecular formula is C17H11FN2O. The lowest BCUT2D eigenvalue weighted by atomic mass is 10.0. The van der Waals surface area contributed by atoms with Crippen molar-refractivity contribution in [3.63, 3.8) is 0 Å². The van der Waals surface area contributed by atoms with Gasteiger partial charge in [-0.25, -0.2) is 4.39 Å². The number of rotatable bonds is 1. The summed E-state index contributed by atoms with van der Waals surface area (Å²) in [5.41, 5.74) is 3.25. The SMILES string of the molecule is O=C1Nc2c(F)cccc2/C1=C/c1c[nH]c2ccccc12. The number of anilines is 1. The van der Waals surface area contributed by atoms with Crippen molar-refractivity contribution in [1.29, 1.82) is 0 Å². The largest absolute Gasteiger partial charge is 0.361 e. The topological polar surface area (TPSA) is 44.9 Å². The van der Waals surface area contributed by atoms with Gasteiger partial charge in [0.25, 0.3) is 5.91 Å². The van der Waals surface area contributed by atoms with Crippen molar-refractivity contribution in [2.24, 2.45) is 0 Å². The number of aromatic nitrogens is 1. The fraction of sp³-hybridized carbons (Fsp3) is 0. The van der Waals surface area contributed by atoms with E-state index >= 15 is 0 Å². The number of halogens is 1. The first-order valence-corrected chi connectivity index (χ1v) is 6.62. The highest BCUT2D eigenvalue weighted by atomic mass is 19.1. The first-order valence-electron chi connectivity index (χ1n) is 6.62. The van der Waals surface area contributed by atoms with Gasteiger partial charge in [0.2, 0.25) is 0 Å². The number of carbonyl (C=O) groups excluding carboxylic acids is 1. The summed E-state index contributed by atoms with van der Waals surface area (Å²) in [7, 11) is 0. The van der Waals surface area contributed by atoms with Crippen molar-refractivity contribution in [2.45, 2.75) is 0 Å². The minimum Gasteiger partial charge on any atom is -0.361 e. The van der Waals surface area contributed by atoms with Gasteiger partial charge in [-0.3, -0.25) is 4.79 Å². The second-order valence-corrected chi connectivity index (χ2v) is 4.96. The predicted octanol–water partition coefficient (Wildman–Crippen LogP) is 3.80. The molecule has 1 amide bonds. The minimum atomic E-state index is -0.414. The molecule has 0 aliphatic carbocycles. The molecule has 0 fully saturated rings. The molecule has 3 aromatic rings. The van der Waals surface area contributed by atoms with Crippen LogP contribution in [0.25, 0.3) is 22.6 Å². The van der Waals surface area contributed by atoms with E-state index in [0.717, 1.165) is 16.5 Å². The quantitative estimate of drug-likeness (QED) is 0.653. The molecule has 21 heavy (non-hydrogen) atoms. The Morgan fingerprint density at radius 3 is 2.81 bits per heavy atom. The van der Waals surface area contributed by atoms with Crippen LogP contribution < -0.4 is 5.32 Å². The maximum atomic E-state index is 13.7. The molecule has 0 unspecified atom stereocenters. The maximum absolute atomic E-state index is 13.7. The maximum Gasteiger partial charge on any atom is 0.256 e. The third-order valence-electron chi connectivity index (χ3n) is 3.71. The summed E-state index contributed by atoms with van der Waals surface area (Å²) in [6.07, 6.45) is 3.64. The molecule has 1 aliphatic rings. The van der Waals surface area contributed by atoms with Crippen LogP contribution in [0.3, 0.4) is 0 Å².